The first-order chi connectivity index (χ1) is 9.29. The van der Waals surface area contributed by atoms with Crippen molar-refractivity contribution in [2.75, 3.05) is 32.2 Å². The van der Waals surface area contributed by atoms with Crippen LogP contribution in [0.15, 0.2) is 0 Å². The molecule has 1 fully saturated rings. The number of nitrogens with zero attached hydrogens (tertiary/aromatic N) is 1. The molecule has 0 bridgehead atoms. The molecule has 1 amide bonds. The van der Waals surface area contributed by atoms with E-state index in [0.29, 0.717) is 19.4 Å². The largest absolute Gasteiger partial charge is 0.395 e. The number of aliphatic hydroxyl groups excluding tert-OH is 1. The van der Waals surface area contributed by atoms with Crippen molar-refractivity contribution in [1.29, 1.82) is 0 Å². The minimum absolute atomic E-state index is 0.00272. The van der Waals surface area contributed by atoms with E-state index in [2.05, 4.69) is 5.32 Å². The number of hydrogen-bond acceptors (Lipinski definition) is 5. The van der Waals surface area contributed by atoms with Gasteiger partial charge in [-0.15, -0.1) is 0 Å². The fourth-order valence-electron chi connectivity index (χ4n) is 2.33. The molecule has 0 aromatic rings. The van der Waals surface area contributed by atoms with Crippen molar-refractivity contribution in [3.05, 3.63) is 0 Å². The smallest absolute Gasteiger partial charge is 0.224 e. The molecule has 0 saturated carbocycles. The lowest BCUT2D eigenvalue weighted by Gasteiger charge is -2.31. The molecule has 1 heterocycles. The molecule has 0 aliphatic carbocycles. The Morgan fingerprint density at radius 2 is 2.20 bits per heavy atom. The van der Waals surface area contributed by atoms with Crippen LogP contribution >= 0.6 is 11.8 Å². The summed E-state index contributed by atoms with van der Waals surface area (Å²) in [7, 11) is -3.24. The van der Waals surface area contributed by atoms with Crippen LogP contribution in [0.5, 0.6) is 0 Å². The molecule has 2 N–H and O–H groups in total. The molecule has 1 rings (SSSR count). The van der Waals surface area contributed by atoms with Gasteiger partial charge < -0.3 is 10.4 Å². The summed E-state index contributed by atoms with van der Waals surface area (Å²) < 4.78 is 24.4. The molecule has 1 aliphatic heterocycles. The lowest BCUT2D eigenvalue weighted by Crippen LogP contribution is -2.49. The van der Waals surface area contributed by atoms with E-state index in [1.807, 2.05) is 13.2 Å². The molecule has 3 unspecified atom stereocenters. The second kappa shape index (κ2) is 7.63. The third kappa shape index (κ3) is 4.91. The van der Waals surface area contributed by atoms with Crippen LogP contribution < -0.4 is 5.32 Å². The van der Waals surface area contributed by atoms with Crippen LogP contribution in [0.2, 0.25) is 0 Å². The van der Waals surface area contributed by atoms with E-state index < -0.39 is 10.0 Å². The Kier molecular flexibility index (Phi) is 6.77. The lowest BCUT2D eigenvalue weighted by molar-refractivity contribution is -0.126. The summed E-state index contributed by atoms with van der Waals surface area (Å²) in [5.74, 6) is -0.430. The van der Waals surface area contributed by atoms with Gasteiger partial charge in [-0.2, -0.15) is 11.8 Å². The number of carbonyl (C=O) groups is 1. The SMILES string of the molecule is CSC(CO)C(C)NC(=O)C1CCCN(S(C)(=O)=O)C1. The quantitative estimate of drug-likeness (QED) is 0.712. The monoisotopic (exact) mass is 324 g/mol. The number of hydrogen-bond donors (Lipinski definition) is 2. The van der Waals surface area contributed by atoms with Gasteiger partial charge in [0.1, 0.15) is 0 Å². The van der Waals surface area contributed by atoms with Gasteiger partial charge in [0, 0.05) is 24.4 Å². The van der Waals surface area contributed by atoms with Crippen molar-refractivity contribution >= 4 is 27.7 Å². The van der Waals surface area contributed by atoms with Crippen LogP contribution in [-0.2, 0) is 14.8 Å². The fraction of sp³-hybridized carbons (Fsp3) is 0.917. The zero-order valence-corrected chi connectivity index (χ0v) is 13.8. The Bertz CT molecular complexity index is 423. The Morgan fingerprint density at radius 1 is 1.55 bits per heavy atom. The van der Waals surface area contributed by atoms with Gasteiger partial charge in [0.15, 0.2) is 0 Å². The predicted octanol–water partition coefficient (Wildman–Crippen LogP) is -0.113. The maximum Gasteiger partial charge on any atom is 0.224 e. The Balaban J connectivity index is 2.59. The Labute approximate surface area is 125 Å². The summed E-state index contributed by atoms with van der Waals surface area (Å²) in [5.41, 5.74) is 0. The molecule has 3 atom stereocenters. The molecule has 20 heavy (non-hydrogen) atoms. The number of piperidine rings is 1. The summed E-state index contributed by atoms with van der Waals surface area (Å²) in [4.78, 5) is 12.2. The van der Waals surface area contributed by atoms with Crippen molar-refractivity contribution < 1.29 is 18.3 Å². The average Bonchev–Trinajstić information content (AvgIpc) is 2.39. The molecule has 118 valence electrons. The van der Waals surface area contributed by atoms with Crippen molar-refractivity contribution in [2.24, 2.45) is 5.92 Å². The van der Waals surface area contributed by atoms with Gasteiger partial charge in [-0.1, -0.05) is 0 Å². The minimum Gasteiger partial charge on any atom is -0.395 e. The molecule has 0 radical (unpaired) electrons. The Morgan fingerprint density at radius 3 is 2.70 bits per heavy atom. The van der Waals surface area contributed by atoms with Crippen molar-refractivity contribution in [2.45, 2.75) is 31.1 Å². The lowest BCUT2D eigenvalue weighted by atomic mass is 9.98. The molecule has 0 aromatic carbocycles. The normalized spacial score (nSPS) is 24.1. The molecule has 1 saturated heterocycles. The maximum atomic E-state index is 12.2. The molecule has 1 aliphatic rings. The summed E-state index contributed by atoms with van der Waals surface area (Å²) in [6.07, 6.45) is 4.46. The molecule has 8 heteroatoms. The van der Waals surface area contributed by atoms with Crippen LogP contribution in [-0.4, -0.2) is 67.2 Å². The van der Waals surface area contributed by atoms with E-state index in [9.17, 15) is 18.3 Å². The standard InChI is InChI=1S/C12H24N2O4S2/c1-9(11(8-15)19-2)13-12(16)10-5-4-6-14(7-10)20(3,17)18/h9-11,15H,4-8H2,1-3H3,(H,13,16). The third-order valence-electron chi connectivity index (χ3n) is 3.63. The van der Waals surface area contributed by atoms with Gasteiger partial charge in [-0.25, -0.2) is 12.7 Å². The molecule has 0 spiro atoms. The van der Waals surface area contributed by atoms with Gasteiger partial charge in [0.25, 0.3) is 0 Å². The number of amides is 1. The third-order valence-corrected chi connectivity index (χ3v) is 6.07. The molecular weight excluding hydrogens is 300 g/mol. The first-order valence-corrected chi connectivity index (χ1v) is 9.82. The zero-order chi connectivity index (χ0) is 15.3. The van der Waals surface area contributed by atoms with Crippen LogP contribution in [0.25, 0.3) is 0 Å². The predicted molar refractivity (Wildman–Crippen MR) is 81.1 cm³/mol. The van der Waals surface area contributed by atoms with E-state index in [-0.39, 0.29) is 36.3 Å². The van der Waals surface area contributed by atoms with Gasteiger partial charge in [0.2, 0.25) is 15.9 Å². The van der Waals surface area contributed by atoms with Crippen LogP contribution in [0, 0.1) is 5.92 Å². The van der Waals surface area contributed by atoms with E-state index in [4.69, 9.17) is 0 Å². The highest BCUT2D eigenvalue weighted by Crippen LogP contribution is 2.19. The van der Waals surface area contributed by atoms with Gasteiger partial charge in [0.05, 0.1) is 18.8 Å². The maximum absolute atomic E-state index is 12.2. The van der Waals surface area contributed by atoms with Crippen LogP contribution in [0.4, 0.5) is 0 Å². The average molecular weight is 324 g/mol. The molecule has 0 aromatic heterocycles. The highest BCUT2D eigenvalue weighted by Gasteiger charge is 2.31. The number of carbonyl (C=O) groups excluding carboxylic acids is 1. The second-order valence-electron chi connectivity index (χ2n) is 5.21. The van der Waals surface area contributed by atoms with Crippen molar-refractivity contribution in [1.82, 2.24) is 9.62 Å². The first-order valence-electron chi connectivity index (χ1n) is 6.68. The molecular formula is C12H24N2O4S2. The van der Waals surface area contributed by atoms with Crippen LogP contribution in [0.1, 0.15) is 19.8 Å². The number of thioether (sulfide) groups is 1. The summed E-state index contributed by atoms with van der Waals surface area (Å²) in [6, 6.07) is -0.142. The van der Waals surface area contributed by atoms with E-state index in [1.165, 1.54) is 22.3 Å². The molecule has 6 nitrogen and oxygen atoms in total. The van der Waals surface area contributed by atoms with Crippen LogP contribution in [0.3, 0.4) is 0 Å². The number of nitrogens with one attached hydrogen (secondary N) is 1. The number of rotatable bonds is 6. The van der Waals surface area contributed by atoms with Gasteiger partial charge in [-0.05, 0) is 26.0 Å². The minimum atomic E-state index is -3.24. The van der Waals surface area contributed by atoms with E-state index >= 15 is 0 Å². The zero-order valence-electron chi connectivity index (χ0n) is 12.2. The number of aliphatic hydroxyl groups is 1. The van der Waals surface area contributed by atoms with Gasteiger partial charge >= 0.3 is 0 Å². The summed E-state index contributed by atoms with van der Waals surface area (Å²) >= 11 is 1.50. The highest BCUT2D eigenvalue weighted by atomic mass is 32.2. The number of sulfonamides is 1. The Hall–Kier alpha value is -0.310. The summed E-state index contributed by atoms with van der Waals surface area (Å²) in [6.45, 7) is 2.60. The van der Waals surface area contributed by atoms with Gasteiger partial charge in [-0.3, -0.25) is 4.79 Å². The highest BCUT2D eigenvalue weighted by molar-refractivity contribution is 7.99. The van der Waals surface area contributed by atoms with Crippen molar-refractivity contribution in [3.8, 4) is 0 Å². The fourth-order valence-corrected chi connectivity index (χ4v) is 3.87. The second-order valence-corrected chi connectivity index (χ2v) is 8.27. The van der Waals surface area contributed by atoms with E-state index in [0.717, 1.165) is 0 Å². The van der Waals surface area contributed by atoms with Crippen molar-refractivity contribution in [3.63, 3.8) is 0 Å². The van der Waals surface area contributed by atoms with E-state index in [1.54, 1.807) is 0 Å². The topological polar surface area (TPSA) is 86.7 Å². The summed E-state index contributed by atoms with van der Waals surface area (Å²) in [5, 5.41) is 12.0. The first kappa shape index (κ1) is 17.7.